The van der Waals surface area contributed by atoms with Crippen molar-refractivity contribution >= 4 is 11.8 Å². The molecule has 0 aromatic heterocycles. The summed E-state index contributed by atoms with van der Waals surface area (Å²) in [6.45, 7) is 0. The van der Waals surface area contributed by atoms with Gasteiger partial charge in [0, 0.05) is 4.75 Å². The maximum Gasteiger partial charge on any atom is 0.0292 e. The molecule has 1 heterocycles. The summed E-state index contributed by atoms with van der Waals surface area (Å²) in [7, 11) is 0. The van der Waals surface area contributed by atoms with Gasteiger partial charge in [-0.25, -0.2) is 0 Å². The first kappa shape index (κ1) is 8.27. The van der Waals surface area contributed by atoms with E-state index in [0.29, 0.717) is 4.75 Å². The summed E-state index contributed by atoms with van der Waals surface area (Å²) in [4.78, 5) is 0. The zero-order valence-electron chi connectivity index (χ0n) is 8.61. The van der Waals surface area contributed by atoms with Crippen LogP contribution in [0.1, 0.15) is 38.5 Å². The molecule has 5 aliphatic rings. The summed E-state index contributed by atoms with van der Waals surface area (Å²) in [5.74, 6) is 4.42. The van der Waals surface area contributed by atoms with E-state index < -0.39 is 0 Å². The first-order chi connectivity index (χ1) is 6.87. The smallest absolute Gasteiger partial charge is 0.0292 e. The maximum absolute atomic E-state index is 2.44. The van der Waals surface area contributed by atoms with Crippen LogP contribution in [0.4, 0.5) is 0 Å². The standard InChI is InChI=1S/C13H18S/c1-2-13(14-3-1)11-5-9-4-10(7-11)8-12(13)6-9/h1,3,9-12H,2,4-8H2. The number of allylic oxidation sites excluding steroid dienone is 1. The predicted molar refractivity (Wildman–Crippen MR) is 61.1 cm³/mol. The molecule has 14 heavy (non-hydrogen) atoms. The fourth-order valence-corrected chi connectivity index (χ4v) is 6.37. The molecular weight excluding hydrogens is 188 g/mol. The molecule has 4 bridgehead atoms. The van der Waals surface area contributed by atoms with Gasteiger partial charge in [-0.1, -0.05) is 6.08 Å². The van der Waals surface area contributed by atoms with Crippen LogP contribution in [0, 0.1) is 23.7 Å². The minimum Gasteiger partial charge on any atom is -0.127 e. The van der Waals surface area contributed by atoms with E-state index in [1.165, 1.54) is 6.42 Å². The zero-order chi connectivity index (χ0) is 9.17. The Labute approximate surface area is 90.5 Å². The highest BCUT2D eigenvalue weighted by molar-refractivity contribution is 8.03. The molecule has 4 aliphatic carbocycles. The third kappa shape index (κ3) is 0.881. The Kier molecular flexibility index (Phi) is 1.54. The second-order valence-corrected chi connectivity index (χ2v) is 7.22. The van der Waals surface area contributed by atoms with Crippen LogP contribution in [0.3, 0.4) is 0 Å². The molecule has 4 fully saturated rings. The summed E-state index contributed by atoms with van der Waals surface area (Å²) in [5.41, 5.74) is 0. The van der Waals surface area contributed by atoms with Crippen molar-refractivity contribution < 1.29 is 0 Å². The van der Waals surface area contributed by atoms with Gasteiger partial charge in [0.1, 0.15) is 0 Å². The highest BCUT2D eigenvalue weighted by atomic mass is 32.2. The molecule has 4 saturated carbocycles. The molecule has 0 atom stereocenters. The van der Waals surface area contributed by atoms with Crippen molar-refractivity contribution in [3.8, 4) is 0 Å². The Hall–Kier alpha value is 0.0900. The van der Waals surface area contributed by atoms with Crippen molar-refractivity contribution in [3.05, 3.63) is 11.5 Å². The van der Waals surface area contributed by atoms with Gasteiger partial charge >= 0.3 is 0 Å². The van der Waals surface area contributed by atoms with Crippen LogP contribution in [-0.4, -0.2) is 4.75 Å². The lowest BCUT2D eigenvalue weighted by Crippen LogP contribution is -2.54. The van der Waals surface area contributed by atoms with Gasteiger partial charge in [0.05, 0.1) is 0 Å². The third-order valence-corrected chi connectivity index (χ3v) is 6.94. The van der Waals surface area contributed by atoms with Crippen LogP contribution in [0.5, 0.6) is 0 Å². The van der Waals surface area contributed by atoms with E-state index in [-0.39, 0.29) is 0 Å². The molecule has 76 valence electrons. The van der Waals surface area contributed by atoms with Crippen LogP contribution in [0.25, 0.3) is 0 Å². The van der Waals surface area contributed by atoms with E-state index in [9.17, 15) is 0 Å². The lowest BCUT2D eigenvalue weighted by Gasteiger charge is -2.59. The largest absolute Gasteiger partial charge is 0.127 e. The van der Waals surface area contributed by atoms with Crippen LogP contribution in [0.2, 0.25) is 0 Å². The minimum absolute atomic E-state index is 0.702. The van der Waals surface area contributed by atoms with Crippen molar-refractivity contribution in [2.24, 2.45) is 23.7 Å². The van der Waals surface area contributed by atoms with Crippen LogP contribution < -0.4 is 0 Å². The van der Waals surface area contributed by atoms with Crippen molar-refractivity contribution in [1.29, 1.82) is 0 Å². The fraction of sp³-hybridized carbons (Fsp3) is 0.846. The minimum atomic E-state index is 0.702. The second kappa shape index (κ2) is 2.61. The van der Waals surface area contributed by atoms with Gasteiger partial charge in [0.25, 0.3) is 0 Å². The molecular formula is C13H18S. The van der Waals surface area contributed by atoms with Crippen molar-refractivity contribution in [2.75, 3.05) is 0 Å². The van der Waals surface area contributed by atoms with Gasteiger partial charge in [-0.2, -0.15) is 0 Å². The average Bonchev–Trinajstić information content (AvgIpc) is 2.63. The average molecular weight is 206 g/mol. The Bertz CT molecular complexity index is 254. The molecule has 0 unspecified atom stereocenters. The van der Waals surface area contributed by atoms with Gasteiger partial charge in [-0.05, 0) is 67.6 Å². The van der Waals surface area contributed by atoms with Gasteiger partial charge in [-0.15, -0.1) is 11.8 Å². The molecule has 0 radical (unpaired) electrons. The zero-order valence-corrected chi connectivity index (χ0v) is 9.43. The first-order valence-corrected chi connectivity index (χ1v) is 7.07. The van der Waals surface area contributed by atoms with E-state index in [2.05, 4.69) is 23.2 Å². The molecule has 5 rings (SSSR count). The van der Waals surface area contributed by atoms with Crippen LogP contribution in [-0.2, 0) is 0 Å². The van der Waals surface area contributed by atoms with E-state index in [1.807, 2.05) is 0 Å². The normalized spacial score (nSPS) is 58.9. The van der Waals surface area contributed by atoms with E-state index >= 15 is 0 Å². The van der Waals surface area contributed by atoms with Gasteiger partial charge < -0.3 is 0 Å². The lowest BCUT2D eigenvalue weighted by molar-refractivity contribution is -0.0144. The van der Waals surface area contributed by atoms with Gasteiger partial charge in [-0.3, -0.25) is 0 Å². The van der Waals surface area contributed by atoms with Crippen molar-refractivity contribution in [2.45, 2.75) is 43.3 Å². The van der Waals surface area contributed by atoms with Crippen LogP contribution >= 0.6 is 11.8 Å². The summed E-state index contributed by atoms with van der Waals surface area (Å²) in [5, 5.41) is 2.39. The second-order valence-electron chi connectivity index (χ2n) is 5.95. The Morgan fingerprint density at radius 3 is 2.07 bits per heavy atom. The van der Waals surface area contributed by atoms with E-state index in [0.717, 1.165) is 23.7 Å². The SMILES string of the molecule is C1=CSC2(C1)C1CC3CC(C1)CC2C3. The molecule has 0 nitrogen and oxygen atoms in total. The molecule has 1 heteroatoms. The molecule has 1 spiro atoms. The highest BCUT2D eigenvalue weighted by Crippen LogP contribution is 2.65. The lowest BCUT2D eigenvalue weighted by atomic mass is 9.51. The first-order valence-electron chi connectivity index (χ1n) is 6.19. The Morgan fingerprint density at radius 2 is 1.57 bits per heavy atom. The van der Waals surface area contributed by atoms with Gasteiger partial charge in [0.15, 0.2) is 0 Å². The number of rotatable bonds is 0. The van der Waals surface area contributed by atoms with Crippen molar-refractivity contribution in [3.63, 3.8) is 0 Å². The van der Waals surface area contributed by atoms with E-state index in [4.69, 9.17) is 0 Å². The maximum atomic E-state index is 2.44. The van der Waals surface area contributed by atoms with E-state index in [1.54, 1.807) is 32.1 Å². The summed E-state index contributed by atoms with van der Waals surface area (Å²) in [6.07, 6.45) is 11.7. The molecule has 0 amide bonds. The number of thioether (sulfide) groups is 1. The predicted octanol–water partition coefficient (Wildman–Crippen LogP) is 3.83. The summed E-state index contributed by atoms with van der Waals surface area (Å²) in [6, 6.07) is 0. The summed E-state index contributed by atoms with van der Waals surface area (Å²) >= 11 is 2.20. The molecule has 0 saturated heterocycles. The number of hydrogen-bond donors (Lipinski definition) is 0. The molecule has 0 aromatic rings. The molecule has 1 aliphatic heterocycles. The monoisotopic (exact) mass is 206 g/mol. The highest BCUT2D eigenvalue weighted by Gasteiger charge is 2.57. The summed E-state index contributed by atoms with van der Waals surface area (Å²) < 4.78 is 0.702. The number of hydrogen-bond acceptors (Lipinski definition) is 1. The molecule has 0 N–H and O–H groups in total. The Morgan fingerprint density at radius 1 is 0.929 bits per heavy atom. The molecule has 0 aromatic carbocycles. The van der Waals surface area contributed by atoms with Crippen LogP contribution in [0.15, 0.2) is 11.5 Å². The Balaban J connectivity index is 1.74. The fourth-order valence-electron chi connectivity index (χ4n) is 4.96. The topological polar surface area (TPSA) is 0 Å². The quantitative estimate of drug-likeness (QED) is 0.580. The third-order valence-electron chi connectivity index (χ3n) is 5.34. The van der Waals surface area contributed by atoms with Gasteiger partial charge in [0.2, 0.25) is 0 Å². The van der Waals surface area contributed by atoms with Crippen molar-refractivity contribution in [1.82, 2.24) is 0 Å².